The monoisotopic (exact) mass is 309 g/mol. The van der Waals surface area contributed by atoms with E-state index in [4.69, 9.17) is 16.3 Å². The highest BCUT2D eigenvalue weighted by Gasteiger charge is 2.08. The van der Waals surface area contributed by atoms with Gasteiger partial charge in [0.05, 0.1) is 23.7 Å². The lowest BCUT2D eigenvalue weighted by atomic mass is 10.1. The summed E-state index contributed by atoms with van der Waals surface area (Å²) >= 11 is 7.73. The van der Waals surface area contributed by atoms with Crippen molar-refractivity contribution in [1.29, 1.82) is 0 Å². The molecule has 5 heteroatoms. The van der Waals surface area contributed by atoms with Crippen molar-refractivity contribution in [2.75, 3.05) is 6.61 Å². The van der Waals surface area contributed by atoms with Gasteiger partial charge in [-0.2, -0.15) is 0 Å². The van der Waals surface area contributed by atoms with E-state index < -0.39 is 0 Å². The summed E-state index contributed by atoms with van der Waals surface area (Å²) in [5.74, 6) is -0.173. The van der Waals surface area contributed by atoms with Crippen molar-refractivity contribution in [2.45, 2.75) is 26.2 Å². The number of rotatable bonds is 6. The Bertz CT molecular complexity index is 583. The Labute approximate surface area is 127 Å². The Morgan fingerprint density at radius 2 is 2.20 bits per heavy atom. The van der Waals surface area contributed by atoms with Gasteiger partial charge in [-0.25, -0.2) is 4.98 Å². The molecule has 0 spiro atoms. The molecule has 1 aromatic carbocycles. The summed E-state index contributed by atoms with van der Waals surface area (Å²) in [7, 11) is 0. The summed E-state index contributed by atoms with van der Waals surface area (Å²) in [5.41, 5.74) is 2.01. The molecule has 0 aliphatic carbocycles. The van der Waals surface area contributed by atoms with Gasteiger partial charge in [-0.3, -0.25) is 4.79 Å². The number of carbonyl (C=O) groups is 1. The van der Waals surface area contributed by atoms with Gasteiger partial charge in [-0.1, -0.05) is 29.8 Å². The van der Waals surface area contributed by atoms with Crippen LogP contribution in [0, 0.1) is 0 Å². The lowest BCUT2D eigenvalue weighted by Crippen LogP contribution is -2.05. The summed E-state index contributed by atoms with van der Waals surface area (Å²) in [6.45, 7) is 2.23. The molecule has 0 saturated heterocycles. The van der Waals surface area contributed by atoms with E-state index in [0.29, 0.717) is 19.4 Å². The van der Waals surface area contributed by atoms with Crippen molar-refractivity contribution < 1.29 is 9.53 Å². The van der Waals surface area contributed by atoms with Crippen molar-refractivity contribution in [3.63, 3.8) is 0 Å². The second kappa shape index (κ2) is 7.41. The molecule has 0 radical (unpaired) electrons. The van der Waals surface area contributed by atoms with Crippen LogP contribution < -0.4 is 0 Å². The molecule has 1 aromatic heterocycles. The molecule has 0 bridgehead atoms. The van der Waals surface area contributed by atoms with E-state index in [0.717, 1.165) is 27.7 Å². The number of aryl methyl sites for hydroxylation is 1. The SMILES string of the molecule is CCOC(=O)CCc1csc(Cc2ccccc2Cl)n1. The number of hydrogen-bond acceptors (Lipinski definition) is 4. The Morgan fingerprint density at radius 1 is 1.40 bits per heavy atom. The molecule has 1 heterocycles. The number of esters is 1. The van der Waals surface area contributed by atoms with Gasteiger partial charge in [0.15, 0.2) is 0 Å². The van der Waals surface area contributed by atoms with Gasteiger partial charge in [0, 0.05) is 23.2 Å². The second-order valence-corrected chi connectivity index (χ2v) is 5.66. The summed E-state index contributed by atoms with van der Waals surface area (Å²) in [5, 5.41) is 3.76. The number of benzene rings is 1. The Kier molecular flexibility index (Phi) is 5.56. The molecule has 0 fully saturated rings. The highest BCUT2D eigenvalue weighted by molar-refractivity contribution is 7.09. The van der Waals surface area contributed by atoms with Crippen LogP contribution in [-0.4, -0.2) is 17.6 Å². The maximum absolute atomic E-state index is 11.3. The quantitative estimate of drug-likeness (QED) is 0.760. The minimum absolute atomic E-state index is 0.173. The molecule has 0 N–H and O–H groups in total. The van der Waals surface area contributed by atoms with Crippen LogP contribution in [0.5, 0.6) is 0 Å². The van der Waals surface area contributed by atoms with Gasteiger partial charge in [-0.15, -0.1) is 11.3 Å². The van der Waals surface area contributed by atoms with Crippen LogP contribution in [0.1, 0.15) is 29.6 Å². The number of carbonyl (C=O) groups excluding carboxylic acids is 1. The van der Waals surface area contributed by atoms with Crippen LogP contribution >= 0.6 is 22.9 Å². The molecule has 20 heavy (non-hydrogen) atoms. The van der Waals surface area contributed by atoms with E-state index in [1.54, 1.807) is 11.3 Å². The van der Waals surface area contributed by atoms with E-state index in [2.05, 4.69) is 4.98 Å². The average Bonchev–Trinajstić information content (AvgIpc) is 2.87. The molecular formula is C15H16ClNO2S. The zero-order valence-corrected chi connectivity index (χ0v) is 12.8. The smallest absolute Gasteiger partial charge is 0.306 e. The maximum atomic E-state index is 11.3. The lowest BCUT2D eigenvalue weighted by Gasteiger charge is -2.01. The highest BCUT2D eigenvalue weighted by Crippen LogP contribution is 2.21. The lowest BCUT2D eigenvalue weighted by molar-refractivity contribution is -0.143. The normalized spacial score (nSPS) is 10.5. The summed E-state index contributed by atoms with van der Waals surface area (Å²) in [4.78, 5) is 15.8. The topological polar surface area (TPSA) is 39.2 Å². The first-order chi connectivity index (χ1) is 9.69. The van der Waals surface area contributed by atoms with Gasteiger partial charge in [0.2, 0.25) is 0 Å². The number of ether oxygens (including phenoxy) is 1. The third-order valence-corrected chi connectivity index (χ3v) is 4.06. The van der Waals surface area contributed by atoms with Gasteiger partial charge in [0.1, 0.15) is 0 Å². The fraction of sp³-hybridized carbons (Fsp3) is 0.333. The first-order valence-electron chi connectivity index (χ1n) is 6.51. The molecule has 0 aliphatic heterocycles. The van der Waals surface area contributed by atoms with Gasteiger partial charge in [-0.05, 0) is 18.6 Å². The standard InChI is InChI=1S/C15H16ClNO2S/c1-2-19-15(18)8-7-12-10-20-14(17-12)9-11-5-3-4-6-13(11)16/h3-6,10H,2,7-9H2,1H3. The number of thiazole rings is 1. The predicted molar refractivity (Wildman–Crippen MR) is 81.3 cm³/mol. The largest absolute Gasteiger partial charge is 0.466 e. The molecule has 2 rings (SSSR count). The highest BCUT2D eigenvalue weighted by atomic mass is 35.5. The van der Waals surface area contributed by atoms with Gasteiger partial charge in [0.25, 0.3) is 0 Å². The third kappa shape index (κ3) is 4.32. The third-order valence-electron chi connectivity index (χ3n) is 2.79. The van der Waals surface area contributed by atoms with Gasteiger partial charge < -0.3 is 4.74 Å². The molecule has 0 aliphatic rings. The predicted octanol–water partition coefficient (Wildman–Crippen LogP) is 3.88. The number of aromatic nitrogens is 1. The van der Waals surface area contributed by atoms with Crippen molar-refractivity contribution in [3.05, 3.63) is 50.9 Å². The zero-order valence-electron chi connectivity index (χ0n) is 11.3. The van der Waals surface area contributed by atoms with Crippen LogP contribution in [-0.2, 0) is 22.4 Å². The molecule has 0 atom stereocenters. The number of hydrogen-bond donors (Lipinski definition) is 0. The van der Waals surface area contributed by atoms with E-state index >= 15 is 0 Å². The van der Waals surface area contributed by atoms with Crippen LogP contribution in [0.3, 0.4) is 0 Å². The summed E-state index contributed by atoms with van der Waals surface area (Å²) in [6, 6.07) is 7.77. The molecule has 0 amide bonds. The van der Waals surface area contributed by atoms with Crippen molar-refractivity contribution in [1.82, 2.24) is 4.98 Å². The number of halogens is 1. The molecule has 0 saturated carbocycles. The Hall–Kier alpha value is -1.39. The van der Waals surface area contributed by atoms with E-state index in [9.17, 15) is 4.79 Å². The average molecular weight is 310 g/mol. The second-order valence-electron chi connectivity index (χ2n) is 4.31. The van der Waals surface area contributed by atoms with E-state index in [-0.39, 0.29) is 5.97 Å². The van der Waals surface area contributed by atoms with E-state index in [1.807, 2.05) is 36.6 Å². The molecular weight excluding hydrogens is 294 g/mol. The Morgan fingerprint density at radius 3 is 2.95 bits per heavy atom. The van der Waals surface area contributed by atoms with Crippen LogP contribution in [0.4, 0.5) is 0 Å². The van der Waals surface area contributed by atoms with Crippen LogP contribution in [0.2, 0.25) is 5.02 Å². The maximum Gasteiger partial charge on any atom is 0.306 e. The minimum atomic E-state index is -0.173. The fourth-order valence-electron chi connectivity index (χ4n) is 1.81. The first-order valence-corrected chi connectivity index (χ1v) is 7.77. The van der Waals surface area contributed by atoms with E-state index in [1.165, 1.54) is 0 Å². The summed E-state index contributed by atoms with van der Waals surface area (Å²) < 4.78 is 4.90. The zero-order chi connectivity index (χ0) is 14.4. The van der Waals surface area contributed by atoms with Crippen molar-refractivity contribution in [3.8, 4) is 0 Å². The fourth-order valence-corrected chi connectivity index (χ4v) is 2.87. The molecule has 3 nitrogen and oxygen atoms in total. The van der Waals surface area contributed by atoms with Gasteiger partial charge >= 0.3 is 5.97 Å². The molecule has 0 unspecified atom stereocenters. The van der Waals surface area contributed by atoms with Crippen LogP contribution in [0.25, 0.3) is 0 Å². The number of nitrogens with zero attached hydrogens (tertiary/aromatic N) is 1. The summed E-state index contributed by atoms with van der Waals surface area (Å²) in [6.07, 6.45) is 1.73. The first kappa shape index (κ1) is 15.0. The minimum Gasteiger partial charge on any atom is -0.466 e. The molecule has 106 valence electrons. The van der Waals surface area contributed by atoms with Crippen molar-refractivity contribution in [2.24, 2.45) is 0 Å². The van der Waals surface area contributed by atoms with Crippen molar-refractivity contribution >= 4 is 28.9 Å². The molecule has 2 aromatic rings. The van der Waals surface area contributed by atoms with Crippen LogP contribution in [0.15, 0.2) is 29.6 Å². The Balaban J connectivity index is 1.92.